The van der Waals surface area contributed by atoms with E-state index in [1.165, 1.54) is 0 Å². The first-order valence-corrected chi connectivity index (χ1v) is 7.60. The number of hydrogen-bond acceptors (Lipinski definition) is 5. The van der Waals surface area contributed by atoms with Crippen LogP contribution in [0, 0.1) is 3.57 Å². The second-order valence-electron chi connectivity index (χ2n) is 4.15. The lowest BCUT2D eigenvalue weighted by Crippen LogP contribution is -2.36. The normalized spacial score (nSPS) is 13.7. The van der Waals surface area contributed by atoms with Crippen LogP contribution >= 0.6 is 34.2 Å². The van der Waals surface area contributed by atoms with E-state index in [2.05, 4.69) is 27.9 Å². The number of anilines is 1. The molecule has 1 rings (SSSR count). The summed E-state index contributed by atoms with van der Waals surface area (Å²) in [6, 6.07) is 4.51. The Labute approximate surface area is 136 Å². The van der Waals surface area contributed by atoms with Gasteiger partial charge in [0.1, 0.15) is 6.04 Å². The van der Waals surface area contributed by atoms with Gasteiger partial charge >= 0.3 is 5.97 Å². The molecule has 0 radical (unpaired) electrons. The van der Waals surface area contributed by atoms with Crippen molar-refractivity contribution < 1.29 is 19.7 Å². The van der Waals surface area contributed by atoms with Crippen molar-refractivity contribution in [1.29, 1.82) is 0 Å². The maximum atomic E-state index is 11.9. The number of nitrogens with one attached hydrogen (secondary N) is 1. The molecule has 0 aliphatic carbocycles. The first-order valence-electron chi connectivity index (χ1n) is 6.15. The molecule has 1 aromatic carbocycles. The van der Waals surface area contributed by atoms with Crippen molar-refractivity contribution in [2.45, 2.75) is 25.5 Å². The summed E-state index contributed by atoms with van der Waals surface area (Å²) >= 11 is 8.04. The standard InChI is InChI=1S/C13H17ClINO4/c1-2-20-13(19)12(6-9(18)7-17)16-11-5-8(14)3-4-10(11)15/h3-5,9,12,16-18H,2,6-7H2,1H3. The number of carbonyl (C=O) groups excluding carboxylic acids is 1. The minimum atomic E-state index is -0.992. The van der Waals surface area contributed by atoms with E-state index in [0.717, 1.165) is 3.57 Å². The van der Waals surface area contributed by atoms with Crippen molar-refractivity contribution in [2.24, 2.45) is 0 Å². The van der Waals surface area contributed by atoms with Crippen molar-refractivity contribution in [3.05, 3.63) is 26.8 Å². The summed E-state index contributed by atoms with van der Waals surface area (Å²) in [7, 11) is 0. The predicted octanol–water partition coefficient (Wildman–Crippen LogP) is 2.03. The Kier molecular flexibility index (Phi) is 7.57. The van der Waals surface area contributed by atoms with Crippen molar-refractivity contribution in [3.8, 4) is 0 Å². The summed E-state index contributed by atoms with van der Waals surface area (Å²) in [5.41, 5.74) is 0.682. The number of benzene rings is 1. The number of aliphatic hydroxyl groups is 2. The molecule has 0 saturated carbocycles. The number of aliphatic hydroxyl groups excluding tert-OH is 2. The maximum Gasteiger partial charge on any atom is 0.328 e. The van der Waals surface area contributed by atoms with Crippen LogP contribution in [0.15, 0.2) is 18.2 Å². The molecule has 0 spiro atoms. The molecule has 0 heterocycles. The first kappa shape index (κ1) is 17.5. The zero-order chi connectivity index (χ0) is 15.1. The Morgan fingerprint density at radius 1 is 1.55 bits per heavy atom. The van der Waals surface area contributed by atoms with E-state index < -0.39 is 24.7 Å². The van der Waals surface area contributed by atoms with E-state index >= 15 is 0 Å². The average Bonchev–Trinajstić information content (AvgIpc) is 2.42. The van der Waals surface area contributed by atoms with Gasteiger partial charge in [0.05, 0.1) is 19.3 Å². The molecule has 1 aromatic rings. The highest BCUT2D eigenvalue weighted by Gasteiger charge is 2.23. The smallest absolute Gasteiger partial charge is 0.328 e. The molecule has 0 aromatic heterocycles. The summed E-state index contributed by atoms with van der Waals surface area (Å²) in [5, 5.41) is 22.0. The molecular weight excluding hydrogens is 397 g/mol. The van der Waals surface area contributed by atoms with Crippen LogP contribution in [0.1, 0.15) is 13.3 Å². The SMILES string of the molecule is CCOC(=O)C(CC(O)CO)Nc1cc(Cl)ccc1I. The van der Waals surface area contributed by atoms with E-state index in [0.29, 0.717) is 10.7 Å². The molecule has 0 bridgehead atoms. The van der Waals surface area contributed by atoms with Gasteiger partial charge in [0.15, 0.2) is 0 Å². The Balaban J connectivity index is 2.87. The van der Waals surface area contributed by atoms with E-state index in [1.54, 1.807) is 19.1 Å². The predicted molar refractivity (Wildman–Crippen MR) is 85.9 cm³/mol. The van der Waals surface area contributed by atoms with Crippen LogP contribution in [0.4, 0.5) is 5.69 Å². The first-order chi connectivity index (χ1) is 9.47. The quantitative estimate of drug-likeness (QED) is 0.471. The fourth-order valence-electron chi connectivity index (χ4n) is 1.60. The molecule has 7 heteroatoms. The van der Waals surface area contributed by atoms with E-state index in [4.69, 9.17) is 21.4 Å². The van der Waals surface area contributed by atoms with Crippen LogP contribution < -0.4 is 5.32 Å². The molecule has 5 nitrogen and oxygen atoms in total. The highest BCUT2D eigenvalue weighted by Crippen LogP contribution is 2.24. The molecule has 0 aliphatic heterocycles. The van der Waals surface area contributed by atoms with Crippen LogP contribution in [0.3, 0.4) is 0 Å². The highest BCUT2D eigenvalue weighted by atomic mass is 127. The van der Waals surface area contributed by atoms with Gasteiger partial charge in [-0.3, -0.25) is 0 Å². The number of hydrogen-bond donors (Lipinski definition) is 3. The number of esters is 1. The Bertz CT molecular complexity index is 458. The van der Waals surface area contributed by atoms with E-state index in [-0.39, 0.29) is 13.0 Å². The van der Waals surface area contributed by atoms with Crippen molar-refractivity contribution in [1.82, 2.24) is 0 Å². The van der Waals surface area contributed by atoms with Crippen molar-refractivity contribution in [2.75, 3.05) is 18.5 Å². The summed E-state index contributed by atoms with van der Waals surface area (Å²) < 4.78 is 5.85. The number of rotatable bonds is 7. The maximum absolute atomic E-state index is 11.9. The third-order valence-corrected chi connectivity index (χ3v) is 3.72. The summed E-state index contributed by atoms with van der Waals surface area (Å²) in [6.45, 7) is 1.55. The van der Waals surface area contributed by atoms with Crippen LogP contribution in [0.5, 0.6) is 0 Å². The molecule has 0 fully saturated rings. The van der Waals surface area contributed by atoms with Gasteiger partial charge in [-0.2, -0.15) is 0 Å². The summed E-state index contributed by atoms with van der Waals surface area (Å²) in [4.78, 5) is 11.9. The van der Waals surface area contributed by atoms with Crippen molar-refractivity contribution in [3.63, 3.8) is 0 Å². The van der Waals surface area contributed by atoms with Crippen LogP contribution in [0.2, 0.25) is 5.02 Å². The fourth-order valence-corrected chi connectivity index (χ4v) is 2.26. The van der Waals surface area contributed by atoms with Gasteiger partial charge in [-0.1, -0.05) is 11.6 Å². The van der Waals surface area contributed by atoms with Crippen LogP contribution in [-0.2, 0) is 9.53 Å². The Morgan fingerprint density at radius 2 is 2.25 bits per heavy atom. The second kappa shape index (κ2) is 8.66. The highest BCUT2D eigenvalue weighted by molar-refractivity contribution is 14.1. The third kappa shape index (κ3) is 5.43. The van der Waals surface area contributed by atoms with Gasteiger partial charge in [0.25, 0.3) is 0 Å². The lowest BCUT2D eigenvalue weighted by Gasteiger charge is -2.21. The molecule has 20 heavy (non-hydrogen) atoms. The van der Waals surface area contributed by atoms with Gasteiger partial charge in [-0.25, -0.2) is 4.79 Å². The van der Waals surface area contributed by atoms with E-state index in [9.17, 15) is 9.90 Å². The van der Waals surface area contributed by atoms with Gasteiger partial charge in [-0.05, 0) is 47.7 Å². The monoisotopic (exact) mass is 413 g/mol. The second-order valence-corrected chi connectivity index (χ2v) is 5.74. The third-order valence-electron chi connectivity index (χ3n) is 2.55. The summed E-state index contributed by atoms with van der Waals surface area (Å²) in [5.74, 6) is -0.476. The summed E-state index contributed by atoms with van der Waals surface area (Å²) in [6.07, 6.45) is -0.938. The molecule has 2 unspecified atom stereocenters. The lowest BCUT2D eigenvalue weighted by molar-refractivity contribution is -0.144. The molecule has 0 aliphatic rings. The van der Waals surface area contributed by atoms with Gasteiger partial charge < -0.3 is 20.3 Å². The Hall–Kier alpha value is -0.570. The zero-order valence-electron chi connectivity index (χ0n) is 11.0. The van der Waals surface area contributed by atoms with Crippen LogP contribution in [-0.4, -0.2) is 41.5 Å². The minimum Gasteiger partial charge on any atom is -0.464 e. The van der Waals surface area contributed by atoms with Gasteiger partial charge in [0, 0.05) is 20.7 Å². The largest absolute Gasteiger partial charge is 0.464 e. The molecule has 0 amide bonds. The molecule has 2 atom stereocenters. The van der Waals surface area contributed by atoms with E-state index in [1.807, 2.05) is 6.07 Å². The molecule has 0 saturated heterocycles. The van der Waals surface area contributed by atoms with Crippen LogP contribution in [0.25, 0.3) is 0 Å². The van der Waals surface area contributed by atoms with Crippen molar-refractivity contribution >= 4 is 45.8 Å². The zero-order valence-corrected chi connectivity index (χ0v) is 13.9. The minimum absolute atomic E-state index is 0.0535. The Morgan fingerprint density at radius 3 is 2.85 bits per heavy atom. The number of ether oxygens (including phenoxy) is 1. The molecule has 3 N–H and O–H groups in total. The lowest BCUT2D eigenvalue weighted by atomic mass is 10.1. The average molecular weight is 414 g/mol. The van der Waals surface area contributed by atoms with Gasteiger partial charge in [-0.15, -0.1) is 0 Å². The topological polar surface area (TPSA) is 78.8 Å². The van der Waals surface area contributed by atoms with Gasteiger partial charge in [0.2, 0.25) is 0 Å². The fraction of sp³-hybridized carbons (Fsp3) is 0.462. The number of halogens is 2. The molecular formula is C13H17ClINO4. The molecule has 112 valence electrons. The number of carbonyl (C=O) groups is 1.